The number of hydrogen-bond acceptors (Lipinski definition) is 3. The summed E-state index contributed by atoms with van der Waals surface area (Å²) < 4.78 is 18.5. The van der Waals surface area contributed by atoms with Crippen molar-refractivity contribution in [1.82, 2.24) is 10.1 Å². The van der Waals surface area contributed by atoms with Crippen LogP contribution in [0.25, 0.3) is 11.0 Å². The Balaban J connectivity index is 1.50. The SMILES string of the molecule is O=C(Cc1noc2ccccc12)N1CCCCC(c2ccc(F)cc2)C1. The lowest BCUT2D eigenvalue weighted by Crippen LogP contribution is -2.35. The van der Waals surface area contributed by atoms with Crippen molar-refractivity contribution < 1.29 is 13.7 Å². The fourth-order valence-electron chi connectivity index (χ4n) is 3.70. The van der Waals surface area contributed by atoms with Gasteiger partial charge in [0.15, 0.2) is 5.58 Å². The Morgan fingerprint density at radius 2 is 1.96 bits per heavy atom. The number of hydrogen-bond donors (Lipinski definition) is 0. The molecule has 1 unspecified atom stereocenters. The van der Waals surface area contributed by atoms with Gasteiger partial charge in [0, 0.05) is 24.4 Å². The Kier molecular flexibility index (Phi) is 4.69. The van der Waals surface area contributed by atoms with Gasteiger partial charge < -0.3 is 9.42 Å². The van der Waals surface area contributed by atoms with Crippen molar-refractivity contribution >= 4 is 16.9 Å². The second kappa shape index (κ2) is 7.28. The minimum Gasteiger partial charge on any atom is -0.356 e. The Bertz CT molecular complexity index is 904. The number of nitrogens with zero attached hydrogens (tertiary/aromatic N) is 2. The van der Waals surface area contributed by atoms with Crippen LogP contribution in [0.15, 0.2) is 53.1 Å². The number of benzene rings is 2. The highest BCUT2D eigenvalue weighted by Crippen LogP contribution is 2.27. The lowest BCUT2D eigenvalue weighted by atomic mass is 9.94. The number of amides is 1. The highest BCUT2D eigenvalue weighted by molar-refractivity contribution is 5.86. The lowest BCUT2D eigenvalue weighted by molar-refractivity contribution is -0.130. The maximum absolute atomic E-state index is 13.2. The van der Waals surface area contributed by atoms with Gasteiger partial charge in [-0.1, -0.05) is 35.8 Å². The predicted octanol–water partition coefficient (Wildman–Crippen LogP) is 4.31. The zero-order valence-electron chi connectivity index (χ0n) is 14.5. The van der Waals surface area contributed by atoms with E-state index < -0.39 is 0 Å². The third-order valence-corrected chi connectivity index (χ3v) is 5.14. The quantitative estimate of drug-likeness (QED) is 0.706. The third-order valence-electron chi connectivity index (χ3n) is 5.14. The fraction of sp³-hybridized carbons (Fsp3) is 0.333. The first-order valence-electron chi connectivity index (χ1n) is 9.07. The molecule has 2 aromatic carbocycles. The van der Waals surface area contributed by atoms with Crippen LogP contribution in [-0.4, -0.2) is 29.1 Å². The number of likely N-dealkylation sites (tertiary alicyclic amines) is 1. The number of carbonyl (C=O) groups excluding carboxylic acids is 1. The van der Waals surface area contributed by atoms with E-state index in [2.05, 4.69) is 5.16 Å². The Morgan fingerprint density at radius 3 is 2.81 bits per heavy atom. The molecule has 2 heterocycles. The van der Waals surface area contributed by atoms with Crippen molar-refractivity contribution in [3.63, 3.8) is 0 Å². The van der Waals surface area contributed by atoms with Gasteiger partial charge in [-0.15, -0.1) is 0 Å². The number of rotatable bonds is 3. The van der Waals surface area contributed by atoms with E-state index in [0.29, 0.717) is 17.8 Å². The van der Waals surface area contributed by atoms with Crippen LogP contribution >= 0.6 is 0 Å². The molecule has 0 aliphatic carbocycles. The number of carbonyl (C=O) groups is 1. The average molecular weight is 352 g/mol. The van der Waals surface area contributed by atoms with Gasteiger partial charge in [-0.25, -0.2) is 4.39 Å². The van der Waals surface area contributed by atoms with Crippen LogP contribution in [0.3, 0.4) is 0 Å². The number of fused-ring (bicyclic) bond motifs is 1. The van der Waals surface area contributed by atoms with Crippen molar-refractivity contribution in [2.75, 3.05) is 13.1 Å². The molecule has 1 amide bonds. The van der Waals surface area contributed by atoms with Crippen LogP contribution in [0.4, 0.5) is 4.39 Å². The van der Waals surface area contributed by atoms with Crippen molar-refractivity contribution in [1.29, 1.82) is 0 Å². The van der Waals surface area contributed by atoms with Crippen LogP contribution in [-0.2, 0) is 11.2 Å². The molecular formula is C21H21FN2O2. The smallest absolute Gasteiger partial charge is 0.228 e. The van der Waals surface area contributed by atoms with Crippen molar-refractivity contribution in [2.24, 2.45) is 0 Å². The molecule has 4 rings (SSSR count). The maximum atomic E-state index is 13.2. The molecule has 0 spiro atoms. The number of para-hydroxylation sites is 1. The summed E-state index contributed by atoms with van der Waals surface area (Å²) in [5.41, 5.74) is 2.49. The molecular weight excluding hydrogens is 331 g/mol. The summed E-state index contributed by atoms with van der Waals surface area (Å²) in [6.45, 7) is 1.42. The maximum Gasteiger partial charge on any atom is 0.228 e. The first-order valence-corrected chi connectivity index (χ1v) is 9.07. The molecule has 134 valence electrons. The van der Waals surface area contributed by atoms with Crippen molar-refractivity contribution in [3.05, 3.63) is 65.6 Å². The minimum absolute atomic E-state index is 0.0677. The van der Waals surface area contributed by atoms with E-state index in [1.54, 1.807) is 0 Å². The van der Waals surface area contributed by atoms with Gasteiger partial charge in [-0.3, -0.25) is 4.79 Å². The van der Waals surface area contributed by atoms with Crippen LogP contribution in [0.1, 0.15) is 36.4 Å². The average Bonchev–Trinajstić information content (AvgIpc) is 2.89. The summed E-state index contributed by atoms with van der Waals surface area (Å²) in [6.07, 6.45) is 3.32. The molecule has 1 aliphatic heterocycles. The Hall–Kier alpha value is -2.69. The molecule has 0 bridgehead atoms. The van der Waals surface area contributed by atoms with E-state index in [9.17, 15) is 9.18 Å². The summed E-state index contributed by atoms with van der Waals surface area (Å²) in [5.74, 6) is 0.0855. The van der Waals surface area contributed by atoms with E-state index in [1.807, 2.05) is 41.3 Å². The van der Waals surface area contributed by atoms with Gasteiger partial charge in [0.1, 0.15) is 11.5 Å². The second-order valence-corrected chi connectivity index (χ2v) is 6.89. The highest BCUT2D eigenvalue weighted by atomic mass is 19.1. The largest absolute Gasteiger partial charge is 0.356 e. The third kappa shape index (κ3) is 3.47. The molecule has 0 radical (unpaired) electrons. The molecule has 1 fully saturated rings. The molecule has 4 nitrogen and oxygen atoms in total. The van der Waals surface area contributed by atoms with Gasteiger partial charge in [0.25, 0.3) is 0 Å². The predicted molar refractivity (Wildman–Crippen MR) is 97.3 cm³/mol. The molecule has 3 aromatic rings. The molecule has 0 N–H and O–H groups in total. The Morgan fingerprint density at radius 1 is 1.15 bits per heavy atom. The molecule has 1 aliphatic rings. The summed E-state index contributed by atoms with van der Waals surface area (Å²) in [7, 11) is 0. The molecule has 26 heavy (non-hydrogen) atoms. The minimum atomic E-state index is -0.229. The first-order chi connectivity index (χ1) is 12.7. The molecule has 5 heteroatoms. The summed E-state index contributed by atoms with van der Waals surface area (Å²) in [6, 6.07) is 14.2. The van der Waals surface area contributed by atoms with Crippen molar-refractivity contribution in [3.8, 4) is 0 Å². The second-order valence-electron chi connectivity index (χ2n) is 6.89. The normalized spacial score (nSPS) is 18.0. The molecule has 1 aromatic heterocycles. The summed E-state index contributed by atoms with van der Waals surface area (Å²) in [5, 5.41) is 4.97. The summed E-state index contributed by atoms with van der Waals surface area (Å²) in [4.78, 5) is 14.8. The van der Waals surface area contributed by atoms with E-state index >= 15 is 0 Å². The van der Waals surface area contributed by atoms with Gasteiger partial charge >= 0.3 is 0 Å². The molecule has 1 saturated heterocycles. The summed E-state index contributed by atoms with van der Waals surface area (Å²) >= 11 is 0. The number of halogens is 1. The van der Waals surface area contributed by atoms with Crippen molar-refractivity contribution in [2.45, 2.75) is 31.6 Å². The van der Waals surface area contributed by atoms with Gasteiger partial charge in [-0.2, -0.15) is 0 Å². The highest BCUT2D eigenvalue weighted by Gasteiger charge is 2.24. The van der Waals surface area contributed by atoms with Crippen LogP contribution < -0.4 is 0 Å². The fourth-order valence-corrected chi connectivity index (χ4v) is 3.70. The first kappa shape index (κ1) is 16.8. The van der Waals surface area contributed by atoms with E-state index in [4.69, 9.17) is 4.52 Å². The lowest BCUT2D eigenvalue weighted by Gasteiger charge is -2.24. The van der Waals surface area contributed by atoms with Crippen LogP contribution in [0.2, 0.25) is 0 Å². The zero-order chi connectivity index (χ0) is 17.9. The van der Waals surface area contributed by atoms with Crippen LogP contribution in [0.5, 0.6) is 0 Å². The number of aromatic nitrogens is 1. The van der Waals surface area contributed by atoms with Crippen LogP contribution in [0, 0.1) is 5.82 Å². The van der Waals surface area contributed by atoms with Gasteiger partial charge in [0.2, 0.25) is 5.91 Å². The standard InChI is InChI=1S/C21H21FN2O2/c22-17-10-8-15(9-11-17)16-5-3-4-12-24(14-16)21(25)13-19-18-6-1-2-7-20(18)26-23-19/h1-2,6-11,16H,3-5,12-14H2. The van der Waals surface area contributed by atoms with Gasteiger partial charge in [0.05, 0.1) is 6.42 Å². The molecule has 1 atom stereocenters. The van der Waals surface area contributed by atoms with E-state index in [1.165, 1.54) is 12.1 Å². The van der Waals surface area contributed by atoms with E-state index in [-0.39, 0.29) is 24.1 Å². The van der Waals surface area contributed by atoms with Gasteiger partial charge in [-0.05, 0) is 42.7 Å². The Labute approximate surface area is 151 Å². The van der Waals surface area contributed by atoms with E-state index in [0.717, 1.165) is 36.8 Å². The molecule has 0 saturated carbocycles. The monoisotopic (exact) mass is 352 g/mol. The topological polar surface area (TPSA) is 46.3 Å². The zero-order valence-corrected chi connectivity index (χ0v) is 14.5.